The van der Waals surface area contributed by atoms with Gasteiger partial charge in [-0.25, -0.2) is 22.6 Å². The number of aromatic nitrogens is 2. The maximum atomic E-state index is 12.7. The summed E-state index contributed by atoms with van der Waals surface area (Å²) in [6, 6.07) is 1.45. The minimum absolute atomic E-state index is 0.0251. The van der Waals surface area contributed by atoms with E-state index < -0.39 is 22.2 Å². The second kappa shape index (κ2) is 6.74. The van der Waals surface area contributed by atoms with Gasteiger partial charge in [0.25, 0.3) is 10.0 Å². The Morgan fingerprint density at radius 3 is 2.55 bits per heavy atom. The summed E-state index contributed by atoms with van der Waals surface area (Å²) in [5.74, 6) is 0.0251. The second-order valence-electron chi connectivity index (χ2n) is 7.75. The van der Waals surface area contributed by atoms with E-state index in [1.165, 1.54) is 15.8 Å². The number of carbonyl (C=O) groups is 1. The van der Waals surface area contributed by atoms with Crippen molar-refractivity contribution in [2.24, 2.45) is 0 Å². The lowest BCUT2D eigenvalue weighted by Gasteiger charge is -2.20. The van der Waals surface area contributed by atoms with Gasteiger partial charge in [0.1, 0.15) is 12.7 Å². The van der Waals surface area contributed by atoms with E-state index in [1.54, 1.807) is 0 Å². The number of aliphatic hydroxyl groups is 1. The minimum Gasteiger partial charge on any atom is -0.474 e. The number of anilines is 1. The number of amides is 2. The molecule has 10 heteroatoms. The van der Waals surface area contributed by atoms with Gasteiger partial charge >= 0.3 is 6.03 Å². The number of sulfonamides is 1. The lowest BCUT2D eigenvalue weighted by molar-refractivity contribution is 0.0537. The quantitative estimate of drug-likeness (QED) is 0.687. The molecular weight excluding hydrogens is 396 g/mol. The highest BCUT2D eigenvalue weighted by Crippen LogP contribution is 2.38. The number of ether oxygens (including phenoxy) is 1. The van der Waals surface area contributed by atoms with Crippen molar-refractivity contribution in [2.75, 3.05) is 11.9 Å². The fraction of sp³-hybridized carbons (Fsp3) is 0.474. The van der Waals surface area contributed by atoms with Gasteiger partial charge < -0.3 is 15.2 Å². The van der Waals surface area contributed by atoms with Crippen molar-refractivity contribution >= 4 is 21.7 Å². The summed E-state index contributed by atoms with van der Waals surface area (Å²) < 4.78 is 34.2. The Morgan fingerprint density at radius 1 is 1.17 bits per heavy atom. The van der Waals surface area contributed by atoms with Gasteiger partial charge in [-0.15, -0.1) is 0 Å². The van der Waals surface area contributed by atoms with E-state index in [0.717, 1.165) is 61.5 Å². The first-order chi connectivity index (χ1) is 13.9. The molecule has 0 saturated heterocycles. The molecule has 0 fully saturated rings. The van der Waals surface area contributed by atoms with Gasteiger partial charge in [0.05, 0.1) is 12.7 Å². The molecule has 0 saturated carbocycles. The highest BCUT2D eigenvalue weighted by Gasteiger charge is 2.31. The number of hydrogen-bond acceptors (Lipinski definition) is 6. The molecule has 0 spiro atoms. The van der Waals surface area contributed by atoms with E-state index >= 15 is 0 Å². The van der Waals surface area contributed by atoms with Crippen LogP contribution in [0.3, 0.4) is 0 Å². The first-order valence-corrected chi connectivity index (χ1v) is 11.3. The molecule has 1 unspecified atom stereocenters. The van der Waals surface area contributed by atoms with E-state index in [-0.39, 0.29) is 23.9 Å². The zero-order valence-corrected chi connectivity index (χ0v) is 16.6. The average molecular weight is 418 g/mol. The molecule has 1 aromatic heterocycles. The topological polar surface area (TPSA) is 123 Å². The van der Waals surface area contributed by atoms with Crippen LogP contribution in [-0.4, -0.2) is 42.0 Å². The summed E-state index contributed by atoms with van der Waals surface area (Å²) in [6.07, 6.45) is 6.21. The number of nitrogens with one attached hydrogen (secondary N) is 2. The zero-order chi connectivity index (χ0) is 20.2. The van der Waals surface area contributed by atoms with Crippen LogP contribution >= 0.6 is 0 Å². The molecule has 29 heavy (non-hydrogen) atoms. The monoisotopic (exact) mass is 418 g/mol. The average Bonchev–Trinajstić information content (AvgIpc) is 3.39. The van der Waals surface area contributed by atoms with Crippen molar-refractivity contribution in [1.82, 2.24) is 14.5 Å². The molecule has 1 aliphatic heterocycles. The Labute approximate surface area is 168 Å². The largest absolute Gasteiger partial charge is 0.474 e. The number of aryl methyl sites for hydroxylation is 2. The smallest absolute Gasteiger partial charge is 0.333 e. The summed E-state index contributed by atoms with van der Waals surface area (Å²) in [6.45, 7) is 0.113. The number of carbonyl (C=O) groups excluding carboxylic acids is 1. The Balaban J connectivity index is 1.40. The van der Waals surface area contributed by atoms with E-state index in [2.05, 4.69) is 21.2 Å². The molecule has 1 atom stereocenters. The maximum absolute atomic E-state index is 12.7. The molecule has 0 radical (unpaired) electrons. The van der Waals surface area contributed by atoms with Crippen LogP contribution in [0.5, 0.6) is 5.88 Å². The lowest BCUT2D eigenvalue weighted by atomic mass is 9.99. The lowest BCUT2D eigenvalue weighted by Crippen LogP contribution is -2.36. The molecular formula is C19H22N4O5S. The van der Waals surface area contributed by atoms with Crippen LogP contribution < -0.4 is 14.8 Å². The van der Waals surface area contributed by atoms with Crippen LogP contribution in [0.2, 0.25) is 0 Å². The second-order valence-corrected chi connectivity index (χ2v) is 9.41. The van der Waals surface area contributed by atoms with Crippen LogP contribution in [0, 0.1) is 0 Å². The standard InChI is InChI=1S/C19H22N4O5S/c24-13-9-23-18(28-10-13)16(8-20-23)29(26,27)22-19(25)21-17-14-5-1-3-11(14)7-12-4-2-6-15(12)17/h7-8,13,24H,1-6,9-10H2,(H2,21,22,25). The number of nitrogens with zero attached hydrogens (tertiary/aromatic N) is 2. The van der Waals surface area contributed by atoms with Crippen LogP contribution in [-0.2, 0) is 42.3 Å². The van der Waals surface area contributed by atoms with Gasteiger partial charge in [-0.3, -0.25) is 0 Å². The Hall–Kier alpha value is -2.59. The van der Waals surface area contributed by atoms with Crippen LogP contribution in [0.4, 0.5) is 10.5 Å². The number of urea groups is 1. The number of benzene rings is 1. The molecule has 0 bridgehead atoms. The molecule has 1 aromatic carbocycles. The van der Waals surface area contributed by atoms with Crippen LogP contribution in [0.15, 0.2) is 17.2 Å². The summed E-state index contributed by atoms with van der Waals surface area (Å²) >= 11 is 0. The molecule has 5 rings (SSSR count). The maximum Gasteiger partial charge on any atom is 0.333 e. The van der Waals surface area contributed by atoms with Crippen molar-refractivity contribution in [2.45, 2.75) is 56.1 Å². The number of fused-ring (bicyclic) bond motifs is 3. The van der Waals surface area contributed by atoms with Crippen molar-refractivity contribution in [3.8, 4) is 5.88 Å². The molecule has 3 aliphatic rings. The Bertz CT molecular complexity index is 1080. The summed E-state index contributed by atoms with van der Waals surface area (Å²) in [4.78, 5) is 12.4. The normalized spacial score (nSPS) is 19.8. The van der Waals surface area contributed by atoms with Crippen LogP contribution in [0.1, 0.15) is 35.1 Å². The van der Waals surface area contributed by atoms with Crippen molar-refractivity contribution in [3.63, 3.8) is 0 Å². The van der Waals surface area contributed by atoms with Gasteiger partial charge in [-0.1, -0.05) is 6.07 Å². The highest BCUT2D eigenvalue weighted by molar-refractivity contribution is 7.90. The first-order valence-electron chi connectivity index (χ1n) is 9.79. The summed E-state index contributed by atoms with van der Waals surface area (Å²) in [5, 5.41) is 16.4. The molecule has 2 aromatic rings. The summed E-state index contributed by atoms with van der Waals surface area (Å²) in [7, 11) is -4.18. The molecule has 9 nitrogen and oxygen atoms in total. The van der Waals surface area contributed by atoms with E-state index in [4.69, 9.17) is 4.74 Å². The number of rotatable bonds is 3. The minimum atomic E-state index is -4.18. The third-order valence-electron chi connectivity index (χ3n) is 5.78. The molecule has 154 valence electrons. The predicted octanol–water partition coefficient (Wildman–Crippen LogP) is 1.12. The van der Waals surface area contributed by atoms with Crippen molar-refractivity contribution in [1.29, 1.82) is 0 Å². The van der Waals surface area contributed by atoms with E-state index in [9.17, 15) is 18.3 Å². The van der Waals surface area contributed by atoms with Crippen molar-refractivity contribution in [3.05, 3.63) is 34.5 Å². The zero-order valence-electron chi connectivity index (χ0n) is 15.8. The highest BCUT2D eigenvalue weighted by atomic mass is 32.2. The fourth-order valence-electron chi connectivity index (χ4n) is 4.53. The summed E-state index contributed by atoms with van der Waals surface area (Å²) in [5.41, 5.74) is 5.52. The van der Waals surface area contributed by atoms with Gasteiger partial charge in [0.15, 0.2) is 4.90 Å². The van der Waals surface area contributed by atoms with E-state index in [0.29, 0.717) is 0 Å². The molecule has 3 N–H and O–H groups in total. The van der Waals surface area contributed by atoms with Crippen molar-refractivity contribution < 1.29 is 23.1 Å². The first kappa shape index (κ1) is 18.4. The SMILES string of the molecule is O=C(Nc1c2c(cc3c1CCC3)CCC2)NS(=O)(=O)c1cnn2c1OCC(O)C2. The van der Waals surface area contributed by atoms with Gasteiger partial charge in [-0.2, -0.15) is 5.10 Å². The third-order valence-corrected chi connectivity index (χ3v) is 7.10. The molecule has 2 heterocycles. The Kier molecular flexibility index (Phi) is 4.28. The van der Waals surface area contributed by atoms with Gasteiger partial charge in [-0.05, 0) is 60.8 Å². The van der Waals surface area contributed by atoms with E-state index in [1.807, 2.05) is 0 Å². The van der Waals surface area contributed by atoms with Crippen LogP contribution in [0.25, 0.3) is 0 Å². The third kappa shape index (κ3) is 3.16. The predicted molar refractivity (Wildman–Crippen MR) is 104 cm³/mol. The Morgan fingerprint density at radius 2 is 1.86 bits per heavy atom. The van der Waals surface area contributed by atoms with Gasteiger partial charge in [0, 0.05) is 5.69 Å². The van der Waals surface area contributed by atoms with Gasteiger partial charge in [0.2, 0.25) is 5.88 Å². The number of hydrogen-bond donors (Lipinski definition) is 3. The molecule has 2 amide bonds. The molecule has 2 aliphatic carbocycles. The number of aliphatic hydroxyl groups excluding tert-OH is 1. The fourth-order valence-corrected chi connectivity index (χ4v) is 5.51.